The number of likely N-dealkylation sites (N-methyl/N-ethyl adjacent to an activating group) is 1. The summed E-state index contributed by atoms with van der Waals surface area (Å²) < 4.78 is 0. The summed E-state index contributed by atoms with van der Waals surface area (Å²) in [4.78, 5) is 47.6. The van der Waals surface area contributed by atoms with Crippen LogP contribution in [0.3, 0.4) is 0 Å². The third kappa shape index (κ3) is 9.82. The minimum atomic E-state index is -0.753. The molecule has 9 nitrogen and oxygen atoms in total. The third-order valence-corrected chi connectivity index (χ3v) is 6.47. The highest BCUT2D eigenvalue weighted by Crippen LogP contribution is 2.23. The van der Waals surface area contributed by atoms with Gasteiger partial charge < -0.3 is 16.4 Å². The van der Waals surface area contributed by atoms with E-state index in [1.165, 1.54) is 25.2 Å². The molecule has 3 aromatic carbocycles. The lowest BCUT2D eigenvalue weighted by Gasteiger charge is -2.31. The molecule has 0 spiro atoms. The Kier molecular flexibility index (Phi) is 11.9. The zero-order valence-electron chi connectivity index (χ0n) is 22.8. The number of halogens is 2. The SMILES string of the molecule is CNC(=O)[C@@H](NC(=O)C(CC(=O)NO)Cc1ccc2ccccc2c1)C(C)(C)C.NC(=O)c1cc(Cl)cc(Cl)c1. The second-order valence-electron chi connectivity index (χ2n) is 10.3. The Morgan fingerprint density at radius 2 is 1.50 bits per heavy atom. The molecule has 214 valence electrons. The fourth-order valence-corrected chi connectivity index (χ4v) is 4.48. The molecule has 40 heavy (non-hydrogen) atoms. The molecule has 0 aliphatic rings. The lowest BCUT2D eigenvalue weighted by molar-refractivity contribution is -0.137. The molecular formula is C29H34Cl2N4O5. The van der Waals surface area contributed by atoms with Crippen molar-refractivity contribution < 1.29 is 24.4 Å². The van der Waals surface area contributed by atoms with Crippen LogP contribution in [-0.4, -0.2) is 41.9 Å². The highest BCUT2D eigenvalue weighted by Gasteiger charge is 2.34. The zero-order valence-corrected chi connectivity index (χ0v) is 24.3. The second-order valence-corrected chi connectivity index (χ2v) is 11.1. The molecule has 0 bridgehead atoms. The minimum absolute atomic E-state index is 0.195. The molecule has 11 heteroatoms. The Morgan fingerprint density at radius 1 is 0.900 bits per heavy atom. The number of primary amides is 1. The average molecular weight is 590 g/mol. The minimum Gasteiger partial charge on any atom is -0.366 e. The summed E-state index contributed by atoms with van der Waals surface area (Å²) in [6, 6.07) is 17.5. The van der Waals surface area contributed by atoms with Gasteiger partial charge in [0.2, 0.25) is 23.6 Å². The van der Waals surface area contributed by atoms with E-state index >= 15 is 0 Å². The Morgan fingerprint density at radius 3 is 2.02 bits per heavy atom. The van der Waals surface area contributed by atoms with Gasteiger partial charge in [-0.1, -0.05) is 86.4 Å². The summed E-state index contributed by atoms with van der Waals surface area (Å²) in [6.07, 6.45) is 0.106. The van der Waals surface area contributed by atoms with Crippen LogP contribution >= 0.6 is 23.2 Å². The Bertz CT molecular complexity index is 1350. The topological polar surface area (TPSA) is 151 Å². The smallest absolute Gasteiger partial charge is 0.248 e. The molecule has 0 heterocycles. The van der Waals surface area contributed by atoms with Gasteiger partial charge in [0, 0.05) is 29.1 Å². The van der Waals surface area contributed by atoms with Gasteiger partial charge in [0.15, 0.2) is 0 Å². The number of fused-ring (bicyclic) bond motifs is 1. The van der Waals surface area contributed by atoms with Crippen LogP contribution in [0.5, 0.6) is 0 Å². The molecule has 0 aliphatic carbocycles. The van der Waals surface area contributed by atoms with E-state index in [1.807, 2.05) is 63.2 Å². The van der Waals surface area contributed by atoms with Crippen LogP contribution in [0, 0.1) is 11.3 Å². The maximum atomic E-state index is 13.0. The summed E-state index contributed by atoms with van der Waals surface area (Å²) in [5.74, 6) is -2.64. The third-order valence-electron chi connectivity index (χ3n) is 6.03. The molecule has 0 aliphatic heterocycles. The van der Waals surface area contributed by atoms with Crippen molar-refractivity contribution in [3.05, 3.63) is 81.8 Å². The maximum Gasteiger partial charge on any atom is 0.248 e. The summed E-state index contributed by atoms with van der Waals surface area (Å²) in [6.45, 7) is 5.56. The molecule has 0 radical (unpaired) electrons. The molecular weight excluding hydrogens is 555 g/mol. The van der Waals surface area contributed by atoms with Crippen molar-refractivity contribution in [3.63, 3.8) is 0 Å². The van der Waals surface area contributed by atoms with E-state index in [9.17, 15) is 19.2 Å². The highest BCUT2D eigenvalue weighted by molar-refractivity contribution is 6.35. The number of hydrogen-bond donors (Lipinski definition) is 5. The van der Waals surface area contributed by atoms with Crippen molar-refractivity contribution in [1.82, 2.24) is 16.1 Å². The number of hydrogen-bond acceptors (Lipinski definition) is 5. The molecule has 2 atom stereocenters. The summed E-state index contributed by atoms with van der Waals surface area (Å²) in [5, 5.41) is 17.2. The quantitative estimate of drug-likeness (QED) is 0.197. The van der Waals surface area contributed by atoms with Gasteiger partial charge in [-0.15, -0.1) is 0 Å². The largest absolute Gasteiger partial charge is 0.366 e. The summed E-state index contributed by atoms with van der Waals surface area (Å²) in [7, 11) is 1.51. The fraction of sp³-hybridized carbons (Fsp3) is 0.310. The van der Waals surface area contributed by atoms with Gasteiger partial charge in [-0.2, -0.15) is 0 Å². The van der Waals surface area contributed by atoms with Gasteiger partial charge in [-0.05, 0) is 46.4 Å². The first-order valence-corrected chi connectivity index (χ1v) is 13.2. The first-order chi connectivity index (χ1) is 18.7. The molecule has 3 aromatic rings. The highest BCUT2D eigenvalue weighted by atomic mass is 35.5. The zero-order chi connectivity index (χ0) is 30.0. The molecule has 0 fully saturated rings. The monoisotopic (exact) mass is 588 g/mol. The van der Waals surface area contributed by atoms with Crippen LogP contribution in [0.4, 0.5) is 0 Å². The van der Waals surface area contributed by atoms with E-state index in [-0.39, 0.29) is 12.3 Å². The number of nitrogens with two attached hydrogens (primary N) is 1. The molecule has 6 N–H and O–H groups in total. The van der Waals surface area contributed by atoms with Gasteiger partial charge in [0.05, 0.1) is 5.92 Å². The van der Waals surface area contributed by atoms with Gasteiger partial charge in [-0.3, -0.25) is 24.4 Å². The van der Waals surface area contributed by atoms with Crippen LogP contribution in [-0.2, 0) is 20.8 Å². The standard InChI is InChI=1S/C22H29N3O4.C7H5Cl2NO/c1-22(2,3)19(21(28)23-4)24-20(27)17(13-18(26)25-29)12-14-9-10-15-7-5-6-8-16(15)11-14;8-5-1-4(7(10)11)2-6(9)3-5/h5-11,17,19,29H,12-13H2,1-4H3,(H,23,28)(H,24,27)(H,25,26);1-3H,(H2,10,11)/t17?,19-;/m1./s1. The van der Waals surface area contributed by atoms with Gasteiger partial charge >= 0.3 is 0 Å². The van der Waals surface area contributed by atoms with E-state index in [2.05, 4.69) is 10.6 Å². The van der Waals surface area contributed by atoms with Crippen molar-refractivity contribution in [3.8, 4) is 0 Å². The van der Waals surface area contributed by atoms with E-state index in [1.54, 1.807) is 5.48 Å². The van der Waals surface area contributed by atoms with Crippen molar-refractivity contribution in [2.24, 2.45) is 17.1 Å². The molecule has 4 amide bonds. The molecule has 3 rings (SSSR count). The molecule has 0 saturated carbocycles. The lowest BCUT2D eigenvalue weighted by atomic mass is 9.85. The van der Waals surface area contributed by atoms with Crippen LogP contribution in [0.2, 0.25) is 10.0 Å². The molecule has 1 unspecified atom stereocenters. The number of rotatable bonds is 8. The number of benzene rings is 3. The van der Waals surface area contributed by atoms with Gasteiger partial charge in [0.1, 0.15) is 6.04 Å². The Hall–Kier alpha value is -3.66. The predicted molar refractivity (Wildman–Crippen MR) is 156 cm³/mol. The fourth-order valence-electron chi connectivity index (χ4n) is 3.95. The molecule has 0 aromatic heterocycles. The number of nitrogens with one attached hydrogen (secondary N) is 3. The Labute approximate surface area is 243 Å². The van der Waals surface area contributed by atoms with E-state index in [0.29, 0.717) is 22.0 Å². The maximum absolute atomic E-state index is 13.0. The first kappa shape index (κ1) is 32.6. The normalized spacial score (nSPS) is 12.4. The van der Waals surface area contributed by atoms with Gasteiger partial charge in [0.25, 0.3) is 0 Å². The van der Waals surface area contributed by atoms with Crippen LogP contribution in [0.15, 0.2) is 60.7 Å². The van der Waals surface area contributed by atoms with Crippen molar-refractivity contribution in [2.45, 2.75) is 39.7 Å². The van der Waals surface area contributed by atoms with E-state index in [0.717, 1.165) is 16.3 Å². The van der Waals surface area contributed by atoms with Crippen LogP contribution in [0.25, 0.3) is 10.8 Å². The number of amides is 4. The van der Waals surface area contributed by atoms with Crippen LogP contribution in [0.1, 0.15) is 43.1 Å². The van der Waals surface area contributed by atoms with E-state index in [4.69, 9.17) is 34.1 Å². The second kappa shape index (κ2) is 14.6. The van der Waals surface area contributed by atoms with Gasteiger partial charge in [-0.25, -0.2) is 5.48 Å². The summed E-state index contributed by atoms with van der Waals surface area (Å²) in [5.41, 5.74) is 7.28. The number of carbonyl (C=O) groups excluding carboxylic acids is 4. The van der Waals surface area contributed by atoms with Crippen molar-refractivity contribution >= 4 is 57.6 Å². The number of carbonyl (C=O) groups is 4. The summed E-state index contributed by atoms with van der Waals surface area (Å²) >= 11 is 11.2. The lowest BCUT2D eigenvalue weighted by Crippen LogP contribution is -2.54. The first-order valence-electron chi connectivity index (χ1n) is 12.4. The average Bonchev–Trinajstić information content (AvgIpc) is 2.89. The number of hydroxylamine groups is 1. The predicted octanol–water partition coefficient (Wildman–Crippen LogP) is 4.26. The van der Waals surface area contributed by atoms with E-state index < -0.39 is 35.1 Å². The van der Waals surface area contributed by atoms with Crippen molar-refractivity contribution in [2.75, 3.05) is 7.05 Å². The van der Waals surface area contributed by atoms with Crippen molar-refractivity contribution in [1.29, 1.82) is 0 Å². The molecule has 0 saturated heterocycles. The van der Waals surface area contributed by atoms with Crippen LogP contribution < -0.4 is 21.8 Å². The Balaban J connectivity index is 0.000000425.